The summed E-state index contributed by atoms with van der Waals surface area (Å²) in [7, 11) is -2.55. The molecule has 0 radical (unpaired) electrons. The highest BCUT2D eigenvalue weighted by molar-refractivity contribution is 7.92. The Labute approximate surface area is 181 Å². The number of carbonyl (C=O) groups is 1. The van der Waals surface area contributed by atoms with Crippen molar-refractivity contribution < 1.29 is 22.3 Å². The minimum Gasteiger partial charge on any atom is -0.496 e. The number of hydrogen-bond donors (Lipinski definition) is 1. The van der Waals surface area contributed by atoms with E-state index < -0.39 is 15.8 Å². The van der Waals surface area contributed by atoms with Crippen molar-refractivity contribution in [2.24, 2.45) is 0 Å². The molecular formula is C23H23FN2O4S. The molecule has 0 bridgehead atoms. The van der Waals surface area contributed by atoms with Crippen LogP contribution >= 0.6 is 0 Å². The summed E-state index contributed by atoms with van der Waals surface area (Å²) in [5.41, 5.74) is 1.71. The SMILES string of the molecule is COc1ccccc1CN(c1ccc(C)c(F)c1)S(=O)(=O)c1ccc(NC(C)=O)cc1. The number of aryl methyl sites for hydroxylation is 1. The van der Waals surface area contributed by atoms with Gasteiger partial charge in [-0.05, 0) is 55.0 Å². The Hall–Kier alpha value is -3.39. The smallest absolute Gasteiger partial charge is 0.264 e. The van der Waals surface area contributed by atoms with Gasteiger partial charge in [0, 0.05) is 18.2 Å². The van der Waals surface area contributed by atoms with Crippen LogP contribution in [0, 0.1) is 12.7 Å². The highest BCUT2D eigenvalue weighted by Crippen LogP contribution is 2.30. The molecule has 0 unspecified atom stereocenters. The number of sulfonamides is 1. The lowest BCUT2D eigenvalue weighted by molar-refractivity contribution is -0.114. The van der Waals surface area contributed by atoms with Crippen LogP contribution in [-0.2, 0) is 21.4 Å². The van der Waals surface area contributed by atoms with Gasteiger partial charge in [0.25, 0.3) is 10.0 Å². The predicted octanol–water partition coefficient (Wildman–Crippen LogP) is 4.50. The van der Waals surface area contributed by atoms with Gasteiger partial charge in [-0.1, -0.05) is 24.3 Å². The molecule has 3 aromatic carbocycles. The quantitative estimate of drug-likeness (QED) is 0.585. The number of ether oxygens (including phenoxy) is 1. The predicted molar refractivity (Wildman–Crippen MR) is 118 cm³/mol. The molecule has 0 saturated carbocycles. The van der Waals surface area contributed by atoms with Crippen LogP contribution in [-0.4, -0.2) is 21.4 Å². The maximum Gasteiger partial charge on any atom is 0.264 e. The van der Waals surface area contributed by atoms with Crippen molar-refractivity contribution in [2.45, 2.75) is 25.3 Å². The van der Waals surface area contributed by atoms with E-state index in [1.165, 1.54) is 50.4 Å². The first-order valence-corrected chi connectivity index (χ1v) is 10.9. The van der Waals surface area contributed by atoms with Crippen molar-refractivity contribution in [1.29, 1.82) is 0 Å². The third-order valence-electron chi connectivity index (χ3n) is 4.71. The Morgan fingerprint density at radius 1 is 1.06 bits per heavy atom. The van der Waals surface area contributed by atoms with Gasteiger partial charge in [-0.15, -0.1) is 0 Å². The molecule has 0 aliphatic heterocycles. The number of nitrogens with zero attached hydrogens (tertiary/aromatic N) is 1. The number of nitrogens with one attached hydrogen (secondary N) is 1. The molecule has 0 atom stereocenters. The van der Waals surface area contributed by atoms with Crippen LogP contribution in [0.25, 0.3) is 0 Å². The molecule has 162 valence electrons. The molecule has 1 N–H and O–H groups in total. The maximum atomic E-state index is 14.3. The van der Waals surface area contributed by atoms with Crippen LogP contribution < -0.4 is 14.4 Å². The molecular weight excluding hydrogens is 419 g/mol. The molecule has 0 spiro atoms. The van der Waals surface area contributed by atoms with Crippen LogP contribution in [0.4, 0.5) is 15.8 Å². The van der Waals surface area contributed by atoms with Gasteiger partial charge in [0.1, 0.15) is 11.6 Å². The van der Waals surface area contributed by atoms with Gasteiger partial charge >= 0.3 is 0 Å². The molecule has 31 heavy (non-hydrogen) atoms. The Morgan fingerprint density at radius 3 is 2.35 bits per heavy atom. The Bertz CT molecular complexity index is 1190. The van der Waals surface area contributed by atoms with Gasteiger partial charge in [-0.25, -0.2) is 12.8 Å². The number of halogens is 1. The average Bonchev–Trinajstić information content (AvgIpc) is 2.74. The average molecular weight is 443 g/mol. The van der Waals surface area contributed by atoms with E-state index in [1.54, 1.807) is 37.3 Å². The number of methoxy groups -OCH3 is 1. The minimum absolute atomic E-state index is 0.0116. The second kappa shape index (κ2) is 9.18. The van der Waals surface area contributed by atoms with Crippen molar-refractivity contribution in [1.82, 2.24) is 0 Å². The van der Waals surface area contributed by atoms with E-state index in [4.69, 9.17) is 4.74 Å². The van der Waals surface area contributed by atoms with Gasteiger partial charge in [-0.2, -0.15) is 0 Å². The van der Waals surface area contributed by atoms with Crippen molar-refractivity contribution in [3.63, 3.8) is 0 Å². The van der Waals surface area contributed by atoms with E-state index >= 15 is 0 Å². The van der Waals surface area contributed by atoms with Crippen LogP contribution in [0.15, 0.2) is 71.6 Å². The Morgan fingerprint density at radius 2 is 1.74 bits per heavy atom. The zero-order valence-corrected chi connectivity index (χ0v) is 18.2. The van der Waals surface area contributed by atoms with Crippen LogP contribution in [0.1, 0.15) is 18.1 Å². The van der Waals surface area contributed by atoms with Crippen molar-refractivity contribution >= 4 is 27.3 Å². The first-order chi connectivity index (χ1) is 14.7. The first kappa shape index (κ1) is 22.3. The van der Waals surface area contributed by atoms with Gasteiger partial charge in [0.15, 0.2) is 0 Å². The van der Waals surface area contributed by atoms with E-state index in [9.17, 15) is 17.6 Å². The number of hydrogen-bond acceptors (Lipinski definition) is 4. The zero-order valence-electron chi connectivity index (χ0n) is 17.4. The lowest BCUT2D eigenvalue weighted by Gasteiger charge is -2.26. The fourth-order valence-corrected chi connectivity index (χ4v) is 4.52. The summed E-state index contributed by atoms with van der Waals surface area (Å²) >= 11 is 0. The normalized spacial score (nSPS) is 11.1. The number of amides is 1. The summed E-state index contributed by atoms with van der Waals surface area (Å²) in [5, 5.41) is 2.60. The molecule has 3 rings (SSSR count). The number of carbonyl (C=O) groups excluding carboxylic acids is 1. The molecule has 0 aliphatic carbocycles. The second-order valence-corrected chi connectivity index (χ2v) is 8.82. The first-order valence-electron chi connectivity index (χ1n) is 9.51. The Kier molecular flexibility index (Phi) is 6.60. The summed E-state index contributed by atoms with van der Waals surface area (Å²) in [6.45, 7) is 2.92. The third-order valence-corrected chi connectivity index (χ3v) is 6.50. The molecule has 3 aromatic rings. The van der Waals surface area contributed by atoms with Crippen LogP contribution in [0.5, 0.6) is 5.75 Å². The maximum absolute atomic E-state index is 14.3. The van der Waals surface area contributed by atoms with Crippen molar-refractivity contribution in [3.8, 4) is 5.75 Å². The fraction of sp³-hybridized carbons (Fsp3) is 0.174. The molecule has 8 heteroatoms. The highest BCUT2D eigenvalue weighted by Gasteiger charge is 2.27. The molecule has 0 heterocycles. The van der Waals surface area contributed by atoms with Gasteiger partial charge in [0.2, 0.25) is 5.91 Å². The van der Waals surface area contributed by atoms with Crippen molar-refractivity contribution in [3.05, 3.63) is 83.7 Å². The highest BCUT2D eigenvalue weighted by atomic mass is 32.2. The number of para-hydroxylation sites is 1. The minimum atomic E-state index is -4.05. The van der Waals surface area contributed by atoms with Gasteiger partial charge < -0.3 is 10.1 Å². The van der Waals surface area contributed by atoms with Gasteiger partial charge in [-0.3, -0.25) is 9.10 Å². The molecule has 0 aliphatic rings. The number of rotatable bonds is 7. The zero-order chi connectivity index (χ0) is 22.6. The monoisotopic (exact) mass is 442 g/mol. The molecule has 6 nitrogen and oxygen atoms in total. The standard InChI is InChI=1S/C23H23FN2O4S/c1-16-8-11-20(14-22(16)24)26(15-18-6-4-5-7-23(18)30-3)31(28,29)21-12-9-19(10-13-21)25-17(2)27/h4-14H,15H2,1-3H3,(H,25,27). The Balaban J connectivity index is 2.07. The van der Waals surface area contributed by atoms with E-state index in [0.29, 0.717) is 22.6 Å². The second-order valence-electron chi connectivity index (χ2n) is 6.96. The molecule has 0 saturated heterocycles. The lowest BCUT2D eigenvalue weighted by atomic mass is 10.2. The summed E-state index contributed by atoms with van der Waals surface area (Å²) in [6, 6.07) is 17.2. The van der Waals surface area contributed by atoms with E-state index in [0.717, 1.165) is 4.31 Å². The number of benzene rings is 3. The van der Waals surface area contributed by atoms with Crippen LogP contribution in [0.2, 0.25) is 0 Å². The van der Waals surface area contributed by atoms with Gasteiger partial charge in [0.05, 0.1) is 24.2 Å². The fourth-order valence-electron chi connectivity index (χ4n) is 3.08. The van der Waals surface area contributed by atoms with Crippen molar-refractivity contribution in [2.75, 3.05) is 16.7 Å². The lowest BCUT2D eigenvalue weighted by Crippen LogP contribution is -2.31. The largest absolute Gasteiger partial charge is 0.496 e. The summed E-state index contributed by atoms with van der Waals surface area (Å²) in [4.78, 5) is 11.2. The topological polar surface area (TPSA) is 75.7 Å². The summed E-state index contributed by atoms with van der Waals surface area (Å²) < 4.78 is 47.9. The molecule has 1 amide bonds. The van der Waals surface area contributed by atoms with E-state index in [-0.39, 0.29) is 23.0 Å². The van der Waals surface area contributed by atoms with E-state index in [2.05, 4.69) is 5.32 Å². The number of anilines is 2. The molecule has 0 fully saturated rings. The third kappa shape index (κ3) is 5.03. The summed E-state index contributed by atoms with van der Waals surface area (Å²) in [6.07, 6.45) is 0. The molecule has 0 aromatic heterocycles. The van der Waals surface area contributed by atoms with E-state index in [1.807, 2.05) is 0 Å². The van der Waals surface area contributed by atoms with Crippen LogP contribution in [0.3, 0.4) is 0 Å². The summed E-state index contributed by atoms with van der Waals surface area (Å²) in [5.74, 6) is -0.237.